The van der Waals surface area contributed by atoms with Crippen molar-refractivity contribution in [2.24, 2.45) is 4.99 Å². The number of aliphatic imine (C=N–C) groups is 1. The number of nitrogens with one attached hydrogen (secondary N) is 2. The first-order valence-corrected chi connectivity index (χ1v) is 8.38. The summed E-state index contributed by atoms with van der Waals surface area (Å²) in [6, 6.07) is 3.63. The second-order valence-corrected chi connectivity index (χ2v) is 5.71. The highest BCUT2D eigenvalue weighted by Gasteiger charge is 2.26. The second-order valence-electron chi connectivity index (χ2n) is 5.71. The molecule has 6 nitrogen and oxygen atoms in total. The number of hydrogen-bond acceptors (Lipinski definition) is 4. The fourth-order valence-electron chi connectivity index (χ4n) is 2.06. The van der Waals surface area contributed by atoms with Gasteiger partial charge in [-0.15, -0.1) is 0 Å². The smallest absolute Gasteiger partial charge is 0.191 e. The third-order valence-corrected chi connectivity index (χ3v) is 3.37. The summed E-state index contributed by atoms with van der Waals surface area (Å²) in [5.74, 6) is 2.02. The number of nitrogens with zero attached hydrogens (tertiary/aromatic N) is 1. The largest absolute Gasteiger partial charge is 0.463 e. The molecule has 0 saturated carbocycles. The van der Waals surface area contributed by atoms with Crippen molar-refractivity contribution in [3.8, 4) is 0 Å². The molecule has 1 atom stereocenters. The molecule has 1 rings (SSSR count). The lowest BCUT2D eigenvalue weighted by Crippen LogP contribution is -2.39. The quantitative estimate of drug-likeness (QED) is 0.349. The number of aryl methyl sites for hydroxylation is 1. The lowest BCUT2D eigenvalue weighted by molar-refractivity contribution is 0.0428. The Labute approximate surface area is 139 Å². The Kier molecular flexibility index (Phi) is 8.73. The lowest BCUT2D eigenvalue weighted by atomic mass is 10.0. The van der Waals surface area contributed by atoms with Crippen LogP contribution in [0.25, 0.3) is 0 Å². The summed E-state index contributed by atoms with van der Waals surface area (Å²) in [4.78, 5) is 4.46. The molecule has 0 radical (unpaired) electrons. The van der Waals surface area contributed by atoms with Crippen LogP contribution < -0.4 is 10.6 Å². The second kappa shape index (κ2) is 10.3. The van der Waals surface area contributed by atoms with E-state index in [1.54, 1.807) is 13.0 Å². The molecule has 132 valence electrons. The Morgan fingerprint density at radius 3 is 2.70 bits per heavy atom. The third kappa shape index (κ3) is 7.52. The van der Waals surface area contributed by atoms with Crippen molar-refractivity contribution in [1.29, 1.82) is 0 Å². The fraction of sp³-hybridized carbons (Fsp3) is 0.706. The van der Waals surface area contributed by atoms with Gasteiger partial charge in [0.1, 0.15) is 17.1 Å². The van der Waals surface area contributed by atoms with Gasteiger partial charge < -0.3 is 24.9 Å². The predicted molar refractivity (Wildman–Crippen MR) is 92.7 cm³/mol. The first-order valence-electron chi connectivity index (χ1n) is 8.38. The minimum atomic E-state index is -1.12. The summed E-state index contributed by atoms with van der Waals surface area (Å²) >= 11 is 0. The molecule has 0 fully saturated rings. The maximum absolute atomic E-state index is 10.5. The summed E-state index contributed by atoms with van der Waals surface area (Å²) in [5, 5.41) is 17.0. The standard InChI is InChI=1S/C17H31N3O3/c1-5-18-16(19-11-7-8-12-22-6-2)20-13-17(4,21)15-10-9-14(3)23-15/h9-10,21H,5-8,11-13H2,1-4H3,(H2,18,19,20). The molecule has 0 aliphatic rings. The van der Waals surface area contributed by atoms with E-state index >= 15 is 0 Å². The Morgan fingerprint density at radius 2 is 2.09 bits per heavy atom. The van der Waals surface area contributed by atoms with E-state index in [0.717, 1.165) is 44.9 Å². The number of furan rings is 1. The van der Waals surface area contributed by atoms with E-state index in [9.17, 15) is 5.11 Å². The van der Waals surface area contributed by atoms with Gasteiger partial charge in [-0.05, 0) is 52.7 Å². The van der Waals surface area contributed by atoms with Crippen molar-refractivity contribution < 1.29 is 14.3 Å². The van der Waals surface area contributed by atoms with E-state index in [4.69, 9.17) is 9.15 Å². The molecule has 0 bridgehead atoms. The average Bonchev–Trinajstić information content (AvgIpc) is 2.95. The molecule has 1 aromatic heterocycles. The van der Waals surface area contributed by atoms with Gasteiger partial charge in [0.05, 0.1) is 6.54 Å². The zero-order chi connectivity index (χ0) is 17.1. The van der Waals surface area contributed by atoms with Gasteiger partial charge in [0, 0.05) is 26.3 Å². The number of guanidine groups is 1. The molecule has 0 aromatic carbocycles. The van der Waals surface area contributed by atoms with Crippen LogP contribution in [-0.4, -0.2) is 43.9 Å². The summed E-state index contributed by atoms with van der Waals surface area (Å²) < 4.78 is 10.8. The van der Waals surface area contributed by atoms with Gasteiger partial charge in [-0.1, -0.05) is 0 Å². The number of aliphatic hydroxyl groups is 1. The molecule has 0 amide bonds. The van der Waals surface area contributed by atoms with Crippen molar-refractivity contribution in [3.63, 3.8) is 0 Å². The van der Waals surface area contributed by atoms with E-state index in [1.807, 2.05) is 26.8 Å². The van der Waals surface area contributed by atoms with Gasteiger partial charge in [0.15, 0.2) is 5.96 Å². The summed E-state index contributed by atoms with van der Waals surface area (Å²) in [6.45, 7) is 11.0. The van der Waals surface area contributed by atoms with E-state index < -0.39 is 5.60 Å². The number of ether oxygens (including phenoxy) is 1. The first-order chi connectivity index (χ1) is 11.0. The van der Waals surface area contributed by atoms with Crippen LogP contribution in [0.3, 0.4) is 0 Å². The van der Waals surface area contributed by atoms with Gasteiger partial charge in [-0.3, -0.25) is 0 Å². The van der Waals surface area contributed by atoms with Gasteiger partial charge in [-0.25, -0.2) is 4.99 Å². The molecule has 1 heterocycles. The molecule has 1 aromatic rings. The van der Waals surface area contributed by atoms with Crippen molar-refractivity contribution in [1.82, 2.24) is 10.6 Å². The van der Waals surface area contributed by atoms with Gasteiger partial charge in [-0.2, -0.15) is 0 Å². The van der Waals surface area contributed by atoms with Crippen molar-refractivity contribution >= 4 is 5.96 Å². The van der Waals surface area contributed by atoms with Crippen LogP contribution in [0.2, 0.25) is 0 Å². The average molecular weight is 325 g/mol. The number of unbranched alkanes of at least 4 members (excludes halogenated alkanes) is 1. The monoisotopic (exact) mass is 325 g/mol. The maximum atomic E-state index is 10.5. The Bertz CT molecular complexity index is 469. The van der Waals surface area contributed by atoms with Crippen LogP contribution in [0.5, 0.6) is 0 Å². The van der Waals surface area contributed by atoms with E-state index in [2.05, 4.69) is 15.6 Å². The fourth-order valence-corrected chi connectivity index (χ4v) is 2.06. The Hall–Kier alpha value is -1.53. The van der Waals surface area contributed by atoms with E-state index in [0.29, 0.717) is 11.7 Å². The molecule has 6 heteroatoms. The summed E-state index contributed by atoms with van der Waals surface area (Å²) in [5.41, 5.74) is -1.12. The van der Waals surface area contributed by atoms with Gasteiger partial charge in [0.2, 0.25) is 0 Å². The van der Waals surface area contributed by atoms with Crippen molar-refractivity contribution in [3.05, 3.63) is 23.7 Å². The number of rotatable bonds is 10. The predicted octanol–water partition coefficient (Wildman–Crippen LogP) is 2.17. The van der Waals surface area contributed by atoms with Crippen molar-refractivity contribution in [2.75, 3.05) is 32.8 Å². The number of hydrogen-bond donors (Lipinski definition) is 3. The van der Waals surface area contributed by atoms with E-state index in [1.165, 1.54) is 0 Å². The zero-order valence-electron chi connectivity index (χ0n) is 14.8. The minimum absolute atomic E-state index is 0.230. The van der Waals surface area contributed by atoms with Gasteiger partial charge >= 0.3 is 0 Å². The zero-order valence-corrected chi connectivity index (χ0v) is 14.8. The Balaban J connectivity index is 2.47. The molecule has 0 spiro atoms. The molecule has 0 aliphatic carbocycles. The topological polar surface area (TPSA) is 79.0 Å². The summed E-state index contributed by atoms with van der Waals surface area (Å²) in [7, 11) is 0. The van der Waals surface area contributed by atoms with Crippen LogP contribution >= 0.6 is 0 Å². The van der Waals surface area contributed by atoms with Crippen LogP contribution in [0.1, 0.15) is 45.1 Å². The van der Waals surface area contributed by atoms with Crippen LogP contribution in [-0.2, 0) is 10.3 Å². The van der Waals surface area contributed by atoms with Crippen LogP contribution in [0.4, 0.5) is 0 Å². The minimum Gasteiger partial charge on any atom is -0.463 e. The highest BCUT2D eigenvalue weighted by molar-refractivity contribution is 5.79. The SMILES string of the molecule is CCNC(=NCC(C)(O)c1ccc(C)o1)NCCCCOCC. The molecular weight excluding hydrogens is 294 g/mol. The highest BCUT2D eigenvalue weighted by atomic mass is 16.5. The summed E-state index contributed by atoms with van der Waals surface area (Å²) in [6.07, 6.45) is 2.03. The third-order valence-electron chi connectivity index (χ3n) is 3.37. The highest BCUT2D eigenvalue weighted by Crippen LogP contribution is 2.22. The van der Waals surface area contributed by atoms with Crippen LogP contribution in [0.15, 0.2) is 21.5 Å². The van der Waals surface area contributed by atoms with Crippen LogP contribution in [0, 0.1) is 6.92 Å². The van der Waals surface area contributed by atoms with E-state index in [-0.39, 0.29) is 6.54 Å². The molecular formula is C17H31N3O3. The maximum Gasteiger partial charge on any atom is 0.191 e. The molecule has 0 saturated heterocycles. The first kappa shape index (κ1) is 19.5. The molecule has 23 heavy (non-hydrogen) atoms. The molecule has 1 unspecified atom stereocenters. The molecule has 3 N–H and O–H groups in total. The Morgan fingerprint density at radius 1 is 1.30 bits per heavy atom. The molecule has 0 aliphatic heterocycles. The van der Waals surface area contributed by atoms with Crippen molar-refractivity contribution in [2.45, 2.75) is 46.1 Å². The van der Waals surface area contributed by atoms with Gasteiger partial charge in [0.25, 0.3) is 0 Å². The lowest BCUT2D eigenvalue weighted by Gasteiger charge is -2.19. The normalized spacial score (nSPS) is 14.6.